The Hall–Kier alpha value is -2.74. The maximum Gasteiger partial charge on any atom is 0.322 e. The first-order valence-corrected chi connectivity index (χ1v) is 8.91. The minimum absolute atomic E-state index is 0.0264. The zero-order chi connectivity index (χ0) is 19.8. The molecule has 0 aliphatic carbocycles. The number of carboxylic acid groups (broad SMARTS) is 1. The number of carbonyl (C=O) groups excluding carboxylic acids is 1. The Bertz CT molecular complexity index is 868. The summed E-state index contributed by atoms with van der Waals surface area (Å²) < 4.78 is 1.79. The van der Waals surface area contributed by atoms with Gasteiger partial charge in [0.1, 0.15) is 17.7 Å². The van der Waals surface area contributed by atoms with Gasteiger partial charge in [-0.15, -0.1) is 10.2 Å². The van der Waals surface area contributed by atoms with Gasteiger partial charge in [-0.3, -0.25) is 14.5 Å². The molecule has 0 fully saturated rings. The number of aromatic nitrogens is 3. The van der Waals surface area contributed by atoms with Crippen LogP contribution in [0, 0.1) is 6.92 Å². The summed E-state index contributed by atoms with van der Waals surface area (Å²) in [6.07, 6.45) is 0. The van der Waals surface area contributed by atoms with Gasteiger partial charge in [0.2, 0.25) is 5.91 Å². The van der Waals surface area contributed by atoms with Crippen molar-refractivity contribution in [1.82, 2.24) is 19.7 Å². The van der Waals surface area contributed by atoms with Gasteiger partial charge < -0.3 is 15.0 Å². The van der Waals surface area contributed by atoms with Gasteiger partial charge in [0.15, 0.2) is 0 Å². The van der Waals surface area contributed by atoms with Crippen LogP contribution in [0.25, 0.3) is 0 Å². The van der Waals surface area contributed by atoms with Crippen LogP contribution in [0.15, 0.2) is 24.3 Å². The van der Waals surface area contributed by atoms with Crippen LogP contribution in [0.3, 0.4) is 0 Å². The van der Waals surface area contributed by atoms with Crippen LogP contribution >= 0.6 is 0 Å². The summed E-state index contributed by atoms with van der Waals surface area (Å²) in [6.45, 7) is 8.51. The Balaban J connectivity index is 1.77. The summed E-state index contributed by atoms with van der Waals surface area (Å²) in [5.41, 5.74) is 1.66. The molecule has 8 nitrogen and oxygen atoms in total. The van der Waals surface area contributed by atoms with Gasteiger partial charge in [-0.2, -0.15) is 0 Å². The molecule has 1 aromatic heterocycles. The van der Waals surface area contributed by atoms with Gasteiger partial charge >= 0.3 is 5.97 Å². The normalized spacial score (nSPS) is 17.4. The quantitative estimate of drug-likeness (QED) is 0.850. The fraction of sp³-hybridized carbons (Fsp3) is 0.474. The van der Waals surface area contributed by atoms with Crippen molar-refractivity contribution < 1.29 is 14.7 Å². The van der Waals surface area contributed by atoms with E-state index in [9.17, 15) is 14.7 Å². The molecule has 27 heavy (non-hydrogen) atoms. The summed E-state index contributed by atoms with van der Waals surface area (Å²) in [4.78, 5) is 26.0. The van der Waals surface area contributed by atoms with Gasteiger partial charge in [-0.05, 0) is 24.0 Å². The van der Waals surface area contributed by atoms with Gasteiger partial charge in [0.25, 0.3) is 0 Å². The van der Waals surface area contributed by atoms with Crippen molar-refractivity contribution in [2.45, 2.75) is 52.2 Å². The number of hydrogen-bond acceptors (Lipinski definition) is 5. The number of nitrogens with zero attached hydrogens (tertiary/aromatic N) is 4. The average Bonchev–Trinajstić information content (AvgIpc) is 2.93. The summed E-state index contributed by atoms with van der Waals surface area (Å²) >= 11 is 0. The molecule has 1 amide bonds. The van der Waals surface area contributed by atoms with E-state index in [-0.39, 0.29) is 31.0 Å². The molecule has 1 aliphatic rings. The van der Waals surface area contributed by atoms with Crippen LogP contribution in [0.4, 0.5) is 5.69 Å². The number of benzene rings is 1. The molecule has 8 heteroatoms. The minimum Gasteiger partial charge on any atom is -0.480 e. The largest absolute Gasteiger partial charge is 0.480 e. The summed E-state index contributed by atoms with van der Waals surface area (Å²) in [5, 5.41) is 20.6. The van der Waals surface area contributed by atoms with Gasteiger partial charge in [0.05, 0.1) is 19.6 Å². The van der Waals surface area contributed by atoms with Crippen LogP contribution in [0.1, 0.15) is 38.0 Å². The topological polar surface area (TPSA) is 100 Å². The van der Waals surface area contributed by atoms with E-state index in [0.717, 1.165) is 11.3 Å². The fourth-order valence-electron chi connectivity index (χ4n) is 3.38. The van der Waals surface area contributed by atoms with Crippen LogP contribution < -0.4 is 5.32 Å². The molecule has 0 radical (unpaired) electrons. The first-order valence-electron chi connectivity index (χ1n) is 8.91. The third-order valence-electron chi connectivity index (χ3n) is 4.79. The number of hydrogen-bond donors (Lipinski definition) is 2. The second kappa shape index (κ2) is 7.11. The molecular weight excluding hydrogens is 346 g/mol. The lowest BCUT2D eigenvalue weighted by Crippen LogP contribution is -2.50. The lowest BCUT2D eigenvalue weighted by molar-refractivity contribution is -0.145. The molecule has 1 unspecified atom stereocenters. The van der Waals surface area contributed by atoms with Gasteiger partial charge in [-0.25, -0.2) is 0 Å². The van der Waals surface area contributed by atoms with Crippen molar-refractivity contribution in [2.24, 2.45) is 0 Å². The highest BCUT2D eigenvalue weighted by atomic mass is 16.4. The van der Waals surface area contributed by atoms with Crippen molar-refractivity contribution in [1.29, 1.82) is 0 Å². The van der Waals surface area contributed by atoms with Crippen molar-refractivity contribution in [3.63, 3.8) is 0 Å². The lowest BCUT2D eigenvalue weighted by Gasteiger charge is -2.33. The summed E-state index contributed by atoms with van der Waals surface area (Å²) in [6, 6.07) is 6.87. The molecule has 3 rings (SSSR count). The minimum atomic E-state index is -0.961. The fourth-order valence-corrected chi connectivity index (χ4v) is 3.38. The van der Waals surface area contributed by atoms with E-state index in [1.807, 2.05) is 24.3 Å². The highest BCUT2D eigenvalue weighted by Crippen LogP contribution is 2.29. The Morgan fingerprint density at radius 3 is 2.63 bits per heavy atom. The van der Waals surface area contributed by atoms with Crippen molar-refractivity contribution in [3.05, 3.63) is 41.5 Å². The smallest absolute Gasteiger partial charge is 0.322 e. The summed E-state index contributed by atoms with van der Waals surface area (Å²) in [7, 11) is 0. The standard InChI is InChI=1S/C19H25N5O3/c1-12-21-22-16-10-23(15(18(26)27)9-24(12)16)11-17(25)20-14-8-6-5-7-13(14)19(2,3)4/h5-8,15H,9-11H2,1-4H3,(H,20,25)(H,26,27). The number of nitrogens with one attached hydrogen (secondary N) is 1. The van der Waals surface area contributed by atoms with Crippen LogP contribution in [0.5, 0.6) is 0 Å². The SMILES string of the molecule is Cc1nnc2n1CC(C(=O)O)N(CC(=O)Nc1ccccc1C(C)(C)C)C2. The maximum atomic E-state index is 12.7. The summed E-state index contributed by atoms with van der Waals surface area (Å²) in [5.74, 6) is 0.145. The molecule has 0 spiro atoms. The van der Waals surface area contributed by atoms with Crippen molar-refractivity contribution in [3.8, 4) is 0 Å². The predicted octanol–water partition coefficient (Wildman–Crippen LogP) is 1.79. The van der Waals surface area contributed by atoms with Gasteiger partial charge in [-0.1, -0.05) is 39.0 Å². The Labute approximate surface area is 158 Å². The first-order chi connectivity index (χ1) is 12.7. The molecule has 0 saturated carbocycles. The second-order valence-corrected chi connectivity index (χ2v) is 7.88. The molecule has 1 aliphatic heterocycles. The Morgan fingerprint density at radius 1 is 1.26 bits per heavy atom. The first kappa shape index (κ1) is 19.0. The van der Waals surface area contributed by atoms with Gasteiger partial charge in [0, 0.05) is 5.69 Å². The molecule has 144 valence electrons. The molecule has 1 atom stereocenters. The van der Waals surface area contributed by atoms with Crippen molar-refractivity contribution >= 4 is 17.6 Å². The Kier molecular flexibility index (Phi) is 5.01. The molecule has 2 heterocycles. The van der Waals surface area contributed by atoms with E-state index >= 15 is 0 Å². The van der Waals surface area contributed by atoms with Crippen LogP contribution in [-0.2, 0) is 28.1 Å². The van der Waals surface area contributed by atoms with E-state index < -0.39 is 12.0 Å². The molecule has 0 saturated heterocycles. The number of anilines is 1. The lowest BCUT2D eigenvalue weighted by atomic mass is 9.86. The molecule has 0 bridgehead atoms. The number of carboxylic acids is 1. The maximum absolute atomic E-state index is 12.7. The highest BCUT2D eigenvalue weighted by molar-refractivity contribution is 5.93. The highest BCUT2D eigenvalue weighted by Gasteiger charge is 2.34. The predicted molar refractivity (Wildman–Crippen MR) is 100 cm³/mol. The number of carbonyl (C=O) groups is 2. The third-order valence-corrected chi connectivity index (χ3v) is 4.79. The van der Waals surface area contributed by atoms with Crippen LogP contribution in [-0.4, -0.2) is 49.2 Å². The molecular formula is C19H25N5O3. The monoisotopic (exact) mass is 371 g/mol. The molecule has 1 aromatic carbocycles. The second-order valence-electron chi connectivity index (χ2n) is 7.88. The number of para-hydroxylation sites is 1. The molecule has 2 N–H and O–H groups in total. The van der Waals surface area contributed by atoms with E-state index in [1.54, 1.807) is 16.4 Å². The average molecular weight is 371 g/mol. The number of aliphatic carboxylic acids is 1. The molecule has 2 aromatic rings. The number of fused-ring (bicyclic) bond motifs is 1. The number of rotatable bonds is 4. The third kappa shape index (κ3) is 4.00. The van der Waals surface area contributed by atoms with Crippen LogP contribution in [0.2, 0.25) is 0 Å². The van der Waals surface area contributed by atoms with E-state index in [1.165, 1.54) is 0 Å². The Morgan fingerprint density at radius 2 is 1.96 bits per heavy atom. The zero-order valence-electron chi connectivity index (χ0n) is 16.1. The van der Waals surface area contributed by atoms with Crippen molar-refractivity contribution in [2.75, 3.05) is 11.9 Å². The zero-order valence-corrected chi connectivity index (χ0v) is 16.1. The van der Waals surface area contributed by atoms with E-state index in [2.05, 4.69) is 36.3 Å². The number of amides is 1. The van der Waals surface area contributed by atoms with E-state index in [0.29, 0.717) is 11.6 Å². The van der Waals surface area contributed by atoms with E-state index in [4.69, 9.17) is 0 Å². The number of aryl methyl sites for hydroxylation is 1.